The molecular formula is C16H24FN3O. The van der Waals surface area contributed by atoms with Crippen LogP contribution in [0.25, 0.3) is 0 Å². The van der Waals surface area contributed by atoms with E-state index >= 15 is 0 Å². The number of carbonyl (C=O) groups excluding carboxylic acids is 1. The Labute approximate surface area is 125 Å². The third-order valence-corrected chi connectivity index (χ3v) is 4.05. The zero-order chi connectivity index (χ0) is 15.8. The molecule has 0 bridgehead atoms. The molecule has 1 saturated heterocycles. The number of carbonyl (C=O) groups is 1. The Kier molecular flexibility index (Phi) is 3.97. The van der Waals surface area contributed by atoms with Crippen molar-refractivity contribution in [1.29, 1.82) is 0 Å². The number of nitrogens with two attached hydrogens (primary N) is 1. The Balaban J connectivity index is 2.26. The molecule has 2 amide bonds. The van der Waals surface area contributed by atoms with E-state index in [0.29, 0.717) is 0 Å². The van der Waals surface area contributed by atoms with Crippen molar-refractivity contribution in [2.45, 2.75) is 57.7 Å². The van der Waals surface area contributed by atoms with E-state index in [4.69, 9.17) is 5.73 Å². The van der Waals surface area contributed by atoms with Crippen LogP contribution >= 0.6 is 0 Å². The SMILES string of the molecule is CC1(C)CC(N)CC(C)(C)N1C(=O)Nc1ccccc1F. The van der Waals surface area contributed by atoms with Gasteiger partial charge in [-0.1, -0.05) is 12.1 Å². The first-order valence-electron chi connectivity index (χ1n) is 7.25. The molecule has 1 aromatic carbocycles. The van der Waals surface area contributed by atoms with E-state index in [1.54, 1.807) is 23.1 Å². The number of rotatable bonds is 1. The van der Waals surface area contributed by atoms with Crippen molar-refractivity contribution in [3.63, 3.8) is 0 Å². The van der Waals surface area contributed by atoms with Crippen LogP contribution in [-0.2, 0) is 0 Å². The smallest absolute Gasteiger partial charge is 0.322 e. The fourth-order valence-electron chi connectivity index (χ4n) is 3.64. The molecular weight excluding hydrogens is 269 g/mol. The van der Waals surface area contributed by atoms with Crippen LogP contribution < -0.4 is 11.1 Å². The molecule has 1 aliphatic rings. The first-order chi connectivity index (χ1) is 9.63. The number of benzene rings is 1. The van der Waals surface area contributed by atoms with Crippen LogP contribution in [0.4, 0.5) is 14.9 Å². The number of anilines is 1. The van der Waals surface area contributed by atoms with E-state index in [1.807, 2.05) is 27.7 Å². The molecule has 0 radical (unpaired) electrons. The van der Waals surface area contributed by atoms with Crippen molar-refractivity contribution in [3.05, 3.63) is 30.1 Å². The number of hydrogen-bond acceptors (Lipinski definition) is 2. The molecule has 5 heteroatoms. The molecule has 1 aromatic rings. The van der Waals surface area contributed by atoms with Crippen LogP contribution in [0.5, 0.6) is 0 Å². The second kappa shape index (κ2) is 5.30. The van der Waals surface area contributed by atoms with E-state index in [0.717, 1.165) is 12.8 Å². The second-order valence-corrected chi connectivity index (χ2v) is 7.04. The highest BCUT2D eigenvalue weighted by atomic mass is 19.1. The van der Waals surface area contributed by atoms with E-state index in [1.165, 1.54) is 6.07 Å². The van der Waals surface area contributed by atoms with Crippen LogP contribution in [0.3, 0.4) is 0 Å². The monoisotopic (exact) mass is 293 g/mol. The highest BCUT2D eigenvalue weighted by Gasteiger charge is 2.47. The number of urea groups is 1. The molecule has 0 saturated carbocycles. The highest BCUT2D eigenvalue weighted by Crippen LogP contribution is 2.38. The van der Waals surface area contributed by atoms with Gasteiger partial charge in [0.25, 0.3) is 0 Å². The van der Waals surface area contributed by atoms with Gasteiger partial charge in [-0.05, 0) is 52.7 Å². The van der Waals surface area contributed by atoms with Gasteiger partial charge in [0.2, 0.25) is 0 Å². The van der Waals surface area contributed by atoms with Crippen molar-refractivity contribution < 1.29 is 9.18 Å². The van der Waals surface area contributed by atoms with Gasteiger partial charge in [-0.3, -0.25) is 0 Å². The third-order valence-electron chi connectivity index (χ3n) is 4.05. The minimum Gasteiger partial charge on any atom is -0.328 e. The highest BCUT2D eigenvalue weighted by molar-refractivity contribution is 5.90. The fraction of sp³-hybridized carbons (Fsp3) is 0.562. The molecule has 0 atom stereocenters. The minimum atomic E-state index is -0.435. The Bertz CT molecular complexity index is 524. The van der Waals surface area contributed by atoms with E-state index in [2.05, 4.69) is 5.32 Å². The Morgan fingerprint density at radius 3 is 2.29 bits per heavy atom. The molecule has 116 valence electrons. The molecule has 1 aliphatic heterocycles. The molecule has 0 spiro atoms. The summed E-state index contributed by atoms with van der Waals surface area (Å²) in [5.74, 6) is -0.435. The summed E-state index contributed by atoms with van der Waals surface area (Å²) in [6, 6.07) is 5.95. The molecule has 0 aliphatic carbocycles. The van der Waals surface area contributed by atoms with Gasteiger partial charge in [0, 0.05) is 17.1 Å². The maximum absolute atomic E-state index is 13.7. The van der Waals surface area contributed by atoms with Crippen molar-refractivity contribution in [2.24, 2.45) is 5.73 Å². The number of hydrogen-bond donors (Lipinski definition) is 2. The number of nitrogens with one attached hydrogen (secondary N) is 1. The van der Waals surface area contributed by atoms with Gasteiger partial charge < -0.3 is 16.0 Å². The average Bonchev–Trinajstić information content (AvgIpc) is 2.27. The molecule has 21 heavy (non-hydrogen) atoms. The van der Waals surface area contributed by atoms with Crippen LogP contribution in [0.1, 0.15) is 40.5 Å². The van der Waals surface area contributed by atoms with Gasteiger partial charge in [-0.25, -0.2) is 9.18 Å². The summed E-state index contributed by atoms with van der Waals surface area (Å²) >= 11 is 0. The number of halogens is 1. The van der Waals surface area contributed by atoms with Crippen LogP contribution in [0, 0.1) is 5.82 Å². The molecule has 1 heterocycles. The lowest BCUT2D eigenvalue weighted by molar-refractivity contribution is 0.00873. The molecule has 2 rings (SSSR count). The third kappa shape index (κ3) is 3.18. The predicted molar refractivity (Wildman–Crippen MR) is 82.6 cm³/mol. The van der Waals surface area contributed by atoms with E-state index in [-0.39, 0.29) is 28.8 Å². The molecule has 3 N–H and O–H groups in total. The normalized spacial score (nSPS) is 21.1. The zero-order valence-corrected chi connectivity index (χ0v) is 13.1. The van der Waals surface area contributed by atoms with Gasteiger partial charge >= 0.3 is 6.03 Å². The number of para-hydroxylation sites is 1. The minimum absolute atomic E-state index is 0.0625. The molecule has 1 fully saturated rings. The largest absolute Gasteiger partial charge is 0.328 e. The summed E-state index contributed by atoms with van der Waals surface area (Å²) in [6.45, 7) is 7.98. The zero-order valence-electron chi connectivity index (χ0n) is 13.1. The summed E-state index contributed by atoms with van der Waals surface area (Å²) in [7, 11) is 0. The van der Waals surface area contributed by atoms with Crippen molar-refractivity contribution in [2.75, 3.05) is 5.32 Å². The number of piperidine rings is 1. The van der Waals surface area contributed by atoms with E-state index in [9.17, 15) is 9.18 Å². The van der Waals surface area contributed by atoms with Crippen molar-refractivity contribution >= 4 is 11.7 Å². The summed E-state index contributed by atoms with van der Waals surface area (Å²) in [6.07, 6.45) is 1.45. The van der Waals surface area contributed by atoms with Crippen molar-refractivity contribution in [3.8, 4) is 0 Å². The topological polar surface area (TPSA) is 58.4 Å². The number of likely N-dealkylation sites (tertiary alicyclic amines) is 1. The van der Waals surface area contributed by atoms with Crippen LogP contribution in [-0.4, -0.2) is 28.1 Å². The van der Waals surface area contributed by atoms with Gasteiger partial charge in [-0.15, -0.1) is 0 Å². The molecule has 0 unspecified atom stereocenters. The number of amides is 2. The van der Waals surface area contributed by atoms with Gasteiger partial charge in [0.15, 0.2) is 0 Å². The first kappa shape index (κ1) is 15.8. The second-order valence-electron chi connectivity index (χ2n) is 7.04. The van der Waals surface area contributed by atoms with Gasteiger partial charge in [-0.2, -0.15) is 0 Å². The van der Waals surface area contributed by atoms with Crippen LogP contribution in [0.15, 0.2) is 24.3 Å². The van der Waals surface area contributed by atoms with Crippen LogP contribution in [0.2, 0.25) is 0 Å². The maximum atomic E-state index is 13.7. The lowest BCUT2D eigenvalue weighted by atomic mass is 9.77. The lowest BCUT2D eigenvalue weighted by Crippen LogP contribution is -2.66. The Morgan fingerprint density at radius 1 is 1.24 bits per heavy atom. The van der Waals surface area contributed by atoms with Crippen molar-refractivity contribution in [1.82, 2.24) is 4.90 Å². The molecule has 4 nitrogen and oxygen atoms in total. The van der Waals surface area contributed by atoms with Gasteiger partial charge in [0.1, 0.15) is 5.82 Å². The standard InChI is InChI=1S/C16H24FN3O/c1-15(2)9-11(18)10-16(3,4)20(15)14(21)19-13-8-6-5-7-12(13)17/h5-8,11H,9-10,18H2,1-4H3,(H,19,21). The Hall–Kier alpha value is -1.62. The number of nitrogens with zero attached hydrogens (tertiary/aromatic N) is 1. The predicted octanol–water partition coefficient (Wildman–Crippen LogP) is 3.34. The summed E-state index contributed by atoms with van der Waals surface area (Å²) in [5, 5.41) is 2.68. The van der Waals surface area contributed by atoms with Gasteiger partial charge in [0.05, 0.1) is 5.69 Å². The lowest BCUT2D eigenvalue weighted by Gasteiger charge is -2.54. The maximum Gasteiger partial charge on any atom is 0.322 e. The Morgan fingerprint density at radius 2 is 1.76 bits per heavy atom. The van der Waals surface area contributed by atoms with E-state index < -0.39 is 5.82 Å². The quantitative estimate of drug-likeness (QED) is 0.834. The summed E-state index contributed by atoms with van der Waals surface area (Å²) in [5.41, 5.74) is 5.55. The summed E-state index contributed by atoms with van der Waals surface area (Å²) < 4.78 is 13.7. The molecule has 0 aromatic heterocycles. The first-order valence-corrected chi connectivity index (χ1v) is 7.25. The average molecular weight is 293 g/mol. The summed E-state index contributed by atoms with van der Waals surface area (Å²) in [4.78, 5) is 14.5. The fourth-order valence-corrected chi connectivity index (χ4v) is 3.64.